The molecule has 8 nitrogen and oxygen atoms in total. The van der Waals surface area contributed by atoms with Crippen LogP contribution >= 0.6 is 12.2 Å². The highest BCUT2D eigenvalue weighted by Crippen LogP contribution is 2.48. The molecule has 1 aliphatic rings. The van der Waals surface area contributed by atoms with Crippen molar-refractivity contribution in [1.82, 2.24) is 15.3 Å². The van der Waals surface area contributed by atoms with Crippen LogP contribution < -0.4 is 16.4 Å². The van der Waals surface area contributed by atoms with Crippen molar-refractivity contribution in [2.45, 2.75) is 30.9 Å². The van der Waals surface area contributed by atoms with Crippen molar-refractivity contribution < 1.29 is 13.5 Å². The maximum atomic E-state index is 12.7. The van der Waals surface area contributed by atoms with Crippen molar-refractivity contribution >= 4 is 38.7 Å². The molecule has 1 fully saturated rings. The van der Waals surface area contributed by atoms with Crippen LogP contribution in [0.25, 0.3) is 11.4 Å². The van der Waals surface area contributed by atoms with Crippen LogP contribution in [0.15, 0.2) is 30.3 Å². The number of rotatable bonds is 7. The van der Waals surface area contributed by atoms with E-state index in [1.165, 1.54) is 0 Å². The zero-order valence-corrected chi connectivity index (χ0v) is 17.8. The zero-order chi connectivity index (χ0) is 21.1. The number of hydrogen-bond acceptors (Lipinski definition) is 7. The number of thiocarbonyl (C=S) groups is 1. The SMILES string of the molecule is CCS(=O)(=O)C1(c2cc(N)nc(-c3ccc(NC(=S)NCCO)cc3)n2)CCC1. The van der Waals surface area contributed by atoms with Gasteiger partial charge in [-0.1, -0.05) is 6.92 Å². The molecule has 0 aliphatic heterocycles. The molecule has 0 unspecified atom stereocenters. The van der Waals surface area contributed by atoms with Gasteiger partial charge in [0.15, 0.2) is 20.8 Å². The van der Waals surface area contributed by atoms with Crippen LogP contribution in [0.3, 0.4) is 0 Å². The van der Waals surface area contributed by atoms with E-state index in [2.05, 4.69) is 20.6 Å². The number of nitrogen functional groups attached to an aromatic ring is 1. The highest BCUT2D eigenvalue weighted by atomic mass is 32.2. The third kappa shape index (κ3) is 4.34. The molecule has 10 heteroatoms. The third-order valence-corrected chi connectivity index (χ3v) is 7.96. The minimum Gasteiger partial charge on any atom is -0.395 e. The highest BCUT2D eigenvalue weighted by Gasteiger charge is 2.50. The summed E-state index contributed by atoms with van der Waals surface area (Å²) in [5, 5.41) is 15.1. The number of anilines is 2. The summed E-state index contributed by atoms with van der Waals surface area (Å²) in [6, 6.07) is 8.85. The lowest BCUT2D eigenvalue weighted by molar-refractivity contribution is 0.300. The van der Waals surface area contributed by atoms with Gasteiger partial charge in [0.1, 0.15) is 10.6 Å². The van der Waals surface area contributed by atoms with Gasteiger partial charge in [-0.15, -0.1) is 0 Å². The summed E-state index contributed by atoms with van der Waals surface area (Å²) in [6.45, 7) is 2.02. The van der Waals surface area contributed by atoms with E-state index in [9.17, 15) is 8.42 Å². The van der Waals surface area contributed by atoms with E-state index in [0.29, 0.717) is 36.0 Å². The largest absolute Gasteiger partial charge is 0.395 e. The Morgan fingerprint density at radius 3 is 2.52 bits per heavy atom. The Kier molecular flexibility index (Phi) is 6.35. The molecule has 29 heavy (non-hydrogen) atoms. The molecule has 0 spiro atoms. The molecule has 0 amide bonds. The maximum absolute atomic E-state index is 12.7. The molecule has 1 aromatic heterocycles. The Labute approximate surface area is 175 Å². The second-order valence-corrected chi connectivity index (χ2v) is 9.93. The van der Waals surface area contributed by atoms with Crippen molar-refractivity contribution in [2.24, 2.45) is 0 Å². The zero-order valence-electron chi connectivity index (χ0n) is 16.2. The molecular formula is C19H25N5O3S2. The van der Waals surface area contributed by atoms with E-state index in [1.54, 1.807) is 13.0 Å². The van der Waals surface area contributed by atoms with Crippen LogP contribution in [0.5, 0.6) is 0 Å². The second kappa shape index (κ2) is 8.60. The molecule has 0 radical (unpaired) electrons. The Balaban J connectivity index is 1.88. The van der Waals surface area contributed by atoms with Crippen LogP contribution in [0.2, 0.25) is 0 Å². The molecule has 5 N–H and O–H groups in total. The number of aromatic nitrogens is 2. The number of aliphatic hydroxyl groups excluding tert-OH is 1. The van der Waals surface area contributed by atoms with E-state index in [4.69, 9.17) is 23.1 Å². The van der Waals surface area contributed by atoms with Crippen molar-refractivity contribution in [3.8, 4) is 11.4 Å². The van der Waals surface area contributed by atoms with Crippen molar-refractivity contribution in [3.63, 3.8) is 0 Å². The molecular weight excluding hydrogens is 410 g/mol. The molecule has 2 aromatic rings. The van der Waals surface area contributed by atoms with E-state index >= 15 is 0 Å². The predicted molar refractivity (Wildman–Crippen MR) is 118 cm³/mol. The van der Waals surface area contributed by atoms with Gasteiger partial charge in [-0.05, 0) is 55.7 Å². The Hall–Kier alpha value is -2.30. The Morgan fingerprint density at radius 2 is 1.97 bits per heavy atom. The number of aliphatic hydroxyl groups is 1. The van der Waals surface area contributed by atoms with Gasteiger partial charge in [-0.2, -0.15) is 0 Å². The summed E-state index contributed by atoms with van der Waals surface area (Å²) in [5.41, 5.74) is 7.96. The summed E-state index contributed by atoms with van der Waals surface area (Å²) < 4.78 is 24.5. The molecule has 0 saturated heterocycles. The monoisotopic (exact) mass is 435 g/mol. The first-order chi connectivity index (χ1) is 13.8. The summed E-state index contributed by atoms with van der Waals surface area (Å²) >= 11 is 5.14. The molecule has 3 rings (SSSR count). The first-order valence-electron chi connectivity index (χ1n) is 9.45. The molecule has 0 bridgehead atoms. The summed E-state index contributed by atoms with van der Waals surface area (Å²) in [4.78, 5) is 8.89. The van der Waals surface area contributed by atoms with Gasteiger partial charge in [0.05, 0.1) is 12.3 Å². The molecule has 1 aromatic carbocycles. The second-order valence-electron chi connectivity index (χ2n) is 6.93. The van der Waals surface area contributed by atoms with Crippen molar-refractivity contribution in [3.05, 3.63) is 36.0 Å². The van der Waals surface area contributed by atoms with Gasteiger partial charge in [0.25, 0.3) is 0 Å². The lowest BCUT2D eigenvalue weighted by Crippen LogP contribution is -2.44. The Morgan fingerprint density at radius 1 is 1.28 bits per heavy atom. The first-order valence-corrected chi connectivity index (χ1v) is 11.5. The average molecular weight is 436 g/mol. The normalized spacial score (nSPS) is 15.4. The van der Waals surface area contributed by atoms with Gasteiger partial charge in [-0.3, -0.25) is 0 Å². The fourth-order valence-electron chi connectivity index (χ4n) is 3.38. The fraction of sp³-hybridized carbons (Fsp3) is 0.421. The van der Waals surface area contributed by atoms with Crippen LogP contribution in [0.1, 0.15) is 31.9 Å². The summed E-state index contributed by atoms with van der Waals surface area (Å²) in [6.07, 6.45) is 1.96. The van der Waals surface area contributed by atoms with Gasteiger partial charge in [0.2, 0.25) is 0 Å². The smallest absolute Gasteiger partial charge is 0.170 e. The molecule has 0 atom stereocenters. The fourth-order valence-corrected chi connectivity index (χ4v) is 5.48. The standard InChI is InChI=1S/C19H25N5O3S2/c1-2-29(26,27)19(8-3-9-19)15-12-16(20)24-17(23-15)13-4-6-14(7-5-13)22-18(28)21-10-11-25/h4-7,12,25H,2-3,8-11H2,1H3,(H2,20,23,24)(H2,21,22,28). The van der Waals surface area contributed by atoms with Gasteiger partial charge in [0, 0.05) is 29.6 Å². The van der Waals surface area contributed by atoms with E-state index < -0.39 is 14.6 Å². The van der Waals surface area contributed by atoms with Crippen LogP contribution in [0, 0.1) is 0 Å². The molecule has 1 aliphatic carbocycles. The number of sulfone groups is 1. The highest BCUT2D eigenvalue weighted by molar-refractivity contribution is 7.92. The van der Waals surface area contributed by atoms with Gasteiger partial charge in [-0.25, -0.2) is 18.4 Å². The molecule has 156 valence electrons. The minimum absolute atomic E-state index is 0.00883. The van der Waals surface area contributed by atoms with Crippen molar-refractivity contribution in [1.29, 1.82) is 0 Å². The predicted octanol–water partition coefficient (Wildman–Crippen LogP) is 1.82. The maximum Gasteiger partial charge on any atom is 0.170 e. The topological polar surface area (TPSA) is 130 Å². The number of hydrogen-bond donors (Lipinski definition) is 4. The first kappa shape index (κ1) is 21.4. The molecule has 1 heterocycles. The third-order valence-electron chi connectivity index (χ3n) is 5.15. The number of nitrogens with one attached hydrogen (secondary N) is 2. The molecule has 1 saturated carbocycles. The quantitative estimate of drug-likeness (QED) is 0.481. The van der Waals surface area contributed by atoms with Crippen LogP contribution in [0.4, 0.5) is 11.5 Å². The van der Waals surface area contributed by atoms with Crippen LogP contribution in [-0.2, 0) is 14.6 Å². The lowest BCUT2D eigenvalue weighted by Gasteiger charge is -2.40. The number of nitrogens with two attached hydrogens (primary N) is 1. The minimum atomic E-state index is -3.31. The average Bonchev–Trinajstić information content (AvgIpc) is 2.65. The van der Waals surface area contributed by atoms with Crippen molar-refractivity contribution in [2.75, 3.05) is 30.0 Å². The lowest BCUT2D eigenvalue weighted by atomic mass is 9.81. The Bertz CT molecular complexity index is 989. The number of benzene rings is 1. The summed E-state index contributed by atoms with van der Waals surface area (Å²) in [7, 11) is -3.31. The van der Waals surface area contributed by atoms with E-state index in [1.807, 2.05) is 24.3 Å². The van der Waals surface area contributed by atoms with Crippen LogP contribution in [-0.4, -0.2) is 47.5 Å². The van der Waals surface area contributed by atoms with E-state index in [0.717, 1.165) is 17.7 Å². The van der Waals surface area contributed by atoms with Gasteiger partial charge < -0.3 is 21.5 Å². The van der Waals surface area contributed by atoms with Gasteiger partial charge >= 0.3 is 0 Å². The number of nitrogens with zero attached hydrogens (tertiary/aromatic N) is 2. The summed E-state index contributed by atoms with van der Waals surface area (Å²) in [5.74, 6) is 0.709. The van der Waals surface area contributed by atoms with E-state index in [-0.39, 0.29) is 18.2 Å².